The summed E-state index contributed by atoms with van der Waals surface area (Å²) in [7, 11) is 0. The van der Waals surface area contributed by atoms with Crippen molar-refractivity contribution in [3.8, 4) is 0 Å². The van der Waals surface area contributed by atoms with Gasteiger partial charge in [-0.1, -0.05) is 39.2 Å². The van der Waals surface area contributed by atoms with E-state index in [4.69, 9.17) is 4.74 Å². The highest BCUT2D eigenvalue weighted by Crippen LogP contribution is 2.16. The van der Waals surface area contributed by atoms with E-state index >= 15 is 0 Å². The molecule has 1 rings (SSSR count). The minimum absolute atomic E-state index is 0.198. The first-order valence-corrected chi connectivity index (χ1v) is 7.64. The molecule has 0 aliphatic carbocycles. The number of esters is 1. The van der Waals surface area contributed by atoms with Crippen LogP contribution in [0.2, 0.25) is 0 Å². The molecule has 1 aromatic rings. The van der Waals surface area contributed by atoms with Crippen LogP contribution in [0.5, 0.6) is 0 Å². The van der Waals surface area contributed by atoms with Crippen molar-refractivity contribution in [3.63, 3.8) is 0 Å². The highest BCUT2D eigenvalue weighted by atomic mass is 16.5. The molecular weight excluding hydrogens is 300 g/mol. The fourth-order valence-corrected chi connectivity index (χ4v) is 2.19. The van der Waals surface area contributed by atoms with E-state index in [-0.39, 0.29) is 23.7 Å². The van der Waals surface area contributed by atoms with Crippen molar-refractivity contribution in [3.05, 3.63) is 34.9 Å². The van der Waals surface area contributed by atoms with Crippen molar-refractivity contribution < 1.29 is 29.3 Å². The van der Waals surface area contributed by atoms with Crippen LogP contribution in [-0.2, 0) is 4.74 Å². The van der Waals surface area contributed by atoms with Crippen LogP contribution in [0, 0.1) is 5.92 Å². The number of carboxylic acid groups (broad SMARTS) is 2. The quantitative estimate of drug-likeness (QED) is 0.623. The van der Waals surface area contributed by atoms with Crippen LogP contribution < -0.4 is 10.2 Å². The van der Waals surface area contributed by atoms with Gasteiger partial charge in [0.15, 0.2) is 0 Å². The molecule has 0 heterocycles. The van der Waals surface area contributed by atoms with E-state index in [1.54, 1.807) is 0 Å². The molecule has 0 bridgehead atoms. The zero-order chi connectivity index (χ0) is 17.4. The van der Waals surface area contributed by atoms with Crippen LogP contribution in [0.3, 0.4) is 0 Å². The highest BCUT2D eigenvalue weighted by Gasteiger charge is 2.16. The van der Waals surface area contributed by atoms with E-state index in [0.29, 0.717) is 0 Å². The van der Waals surface area contributed by atoms with Crippen LogP contribution in [0.25, 0.3) is 0 Å². The summed E-state index contributed by atoms with van der Waals surface area (Å²) < 4.78 is 5.18. The molecule has 0 saturated heterocycles. The summed E-state index contributed by atoms with van der Waals surface area (Å²) in [5.74, 6) is -3.76. The standard InChI is InChI=1S/C17H22O6/c1-3-5-6-11(4-2)10-23-17(22)13-8-7-12(15(18)19)9-14(13)16(20)21/h7-9,11H,3-6,10H2,1-2H3,(H,18,19)(H,20,21)/p-2. The summed E-state index contributed by atoms with van der Waals surface area (Å²) in [6, 6.07) is 3.05. The summed E-state index contributed by atoms with van der Waals surface area (Å²) in [5.41, 5.74) is -1.08. The van der Waals surface area contributed by atoms with E-state index in [9.17, 15) is 24.6 Å². The van der Waals surface area contributed by atoms with E-state index < -0.39 is 23.5 Å². The first-order chi connectivity index (χ1) is 10.9. The predicted molar refractivity (Wildman–Crippen MR) is 78.7 cm³/mol. The molecule has 0 spiro atoms. The number of benzene rings is 1. The van der Waals surface area contributed by atoms with E-state index in [1.807, 2.05) is 6.92 Å². The lowest BCUT2D eigenvalue weighted by Crippen LogP contribution is -2.28. The van der Waals surface area contributed by atoms with Crippen molar-refractivity contribution >= 4 is 17.9 Å². The highest BCUT2D eigenvalue weighted by molar-refractivity contribution is 6.03. The van der Waals surface area contributed by atoms with Crippen molar-refractivity contribution in [1.82, 2.24) is 0 Å². The van der Waals surface area contributed by atoms with Crippen molar-refractivity contribution in [2.75, 3.05) is 6.61 Å². The minimum Gasteiger partial charge on any atom is -0.545 e. The van der Waals surface area contributed by atoms with Gasteiger partial charge in [0.1, 0.15) is 0 Å². The monoisotopic (exact) mass is 320 g/mol. The van der Waals surface area contributed by atoms with Gasteiger partial charge in [0, 0.05) is 5.56 Å². The summed E-state index contributed by atoms with van der Waals surface area (Å²) in [4.78, 5) is 33.9. The van der Waals surface area contributed by atoms with Crippen LogP contribution in [0.15, 0.2) is 18.2 Å². The Balaban J connectivity index is 2.86. The van der Waals surface area contributed by atoms with E-state index in [2.05, 4.69) is 6.92 Å². The van der Waals surface area contributed by atoms with Crippen molar-refractivity contribution in [2.45, 2.75) is 39.5 Å². The Kier molecular flexibility index (Phi) is 7.25. The van der Waals surface area contributed by atoms with Gasteiger partial charge in [0.25, 0.3) is 0 Å². The number of carbonyl (C=O) groups excluding carboxylic acids is 3. The molecule has 0 aliphatic rings. The maximum absolute atomic E-state index is 12.1. The summed E-state index contributed by atoms with van der Waals surface area (Å²) in [5, 5.41) is 21.9. The molecule has 126 valence electrons. The molecule has 1 aromatic carbocycles. The number of rotatable bonds is 9. The smallest absolute Gasteiger partial charge is 0.338 e. The third kappa shape index (κ3) is 5.39. The molecule has 6 nitrogen and oxygen atoms in total. The van der Waals surface area contributed by atoms with Gasteiger partial charge >= 0.3 is 5.97 Å². The normalized spacial score (nSPS) is 11.7. The van der Waals surface area contributed by atoms with Gasteiger partial charge in [-0.3, -0.25) is 0 Å². The van der Waals surface area contributed by atoms with Gasteiger partial charge < -0.3 is 24.5 Å². The Bertz CT molecular complexity index is 578. The van der Waals surface area contributed by atoms with Crippen LogP contribution in [-0.4, -0.2) is 24.5 Å². The molecule has 0 N–H and O–H groups in total. The number of aromatic carboxylic acids is 2. The van der Waals surface area contributed by atoms with Gasteiger partial charge in [-0.25, -0.2) is 4.79 Å². The predicted octanol–water partition coefficient (Wildman–Crippen LogP) is 0.787. The third-order valence-corrected chi connectivity index (χ3v) is 3.69. The maximum Gasteiger partial charge on any atom is 0.338 e. The number of carboxylic acids is 2. The largest absolute Gasteiger partial charge is 0.545 e. The average Bonchev–Trinajstić information content (AvgIpc) is 2.54. The summed E-state index contributed by atoms with van der Waals surface area (Å²) >= 11 is 0. The van der Waals surface area contributed by atoms with E-state index in [0.717, 1.165) is 43.9 Å². The maximum atomic E-state index is 12.1. The lowest BCUT2D eigenvalue weighted by Gasteiger charge is -2.16. The van der Waals surface area contributed by atoms with Gasteiger partial charge in [-0.15, -0.1) is 0 Å². The van der Waals surface area contributed by atoms with Crippen molar-refractivity contribution in [2.24, 2.45) is 5.92 Å². The summed E-state index contributed by atoms with van der Waals surface area (Å²) in [6.07, 6.45) is 3.85. The van der Waals surface area contributed by atoms with Crippen molar-refractivity contribution in [1.29, 1.82) is 0 Å². The molecule has 0 fully saturated rings. The fraction of sp³-hybridized carbons (Fsp3) is 0.471. The van der Waals surface area contributed by atoms with Crippen LogP contribution in [0.4, 0.5) is 0 Å². The van der Waals surface area contributed by atoms with Gasteiger partial charge in [-0.05, 0) is 30.0 Å². The molecule has 0 amide bonds. The molecule has 23 heavy (non-hydrogen) atoms. The Morgan fingerprint density at radius 1 is 1.09 bits per heavy atom. The Morgan fingerprint density at radius 3 is 2.30 bits per heavy atom. The number of hydrogen-bond donors (Lipinski definition) is 0. The zero-order valence-corrected chi connectivity index (χ0v) is 13.3. The molecule has 0 radical (unpaired) electrons. The minimum atomic E-state index is -1.64. The van der Waals surface area contributed by atoms with Crippen LogP contribution >= 0.6 is 0 Å². The van der Waals surface area contributed by atoms with E-state index in [1.165, 1.54) is 0 Å². The number of carbonyl (C=O) groups is 3. The fourth-order valence-electron chi connectivity index (χ4n) is 2.19. The molecule has 1 atom stereocenters. The topological polar surface area (TPSA) is 107 Å². The Labute approximate surface area is 135 Å². The average molecular weight is 320 g/mol. The van der Waals surface area contributed by atoms with Crippen LogP contribution in [0.1, 0.15) is 70.6 Å². The summed E-state index contributed by atoms with van der Waals surface area (Å²) in [6.45, 7) is 4.27. The molecule has 6 heteroatoms. The Hall–Kier alpha value is -2.37. The molecular formula is C17H20O6-2. The second-order valence-corrected chi connectivity index (χ2v) is 5.35. The molecule has 0 aliphatic heterocycles. The molecule has 0 saturated carbocycles. The second kappa shape index (κ2) is 8.92. The lowest BCUT2D eigenvalue weighted by atomic mass is 10.0. The van der Waals surface area contributed by atoms with Gasteiger partial charge in [0.2, 0.25) is 0 Å². The SMILES string of the molecule is CCCCC(CC)COC(=O)c1ccc(C(=O)[O-])cc1C(=O)[O-]. The number of unbranched alkanes of at least 4 members (excludes halogenated alkanes) is 1. The number of hydrogen-bond acceptors (Lipinski definition) is 6. The van der Waals surface area contributed by atoms with Gasteiger partial charge in [0.05, 0.1) is 24.1 Å². The Morgan fingerprint density at radius 2 is 1.78 bits per heavy atom. The molecule has 0 aromatic heterocycles. The lowest BCUT2D eigenvalue weighted by molar-refractivity contribution is -0.255. The molecule has 1 unspecified atom stereocenters. The first kappa shape index (κ1) is 18.7. The van der Waals surface area contributed by atoms with Gasteiger partial charge in [-0.2, -0.15) is 0 Å². The zero-order valence-electron chi connectivity index (χ0n) is 13.3. The second-order valence-electron chi connectivity index (χ2n) is 5.35. The third-order valence-electron chi connectivity index (χ3n) is 3.69. The number of ether oxygens (including phenoxy) is 1. The first-order valence-electron chi connectivity index (χ1n) is 7.64.